The number of carbonyl (C=O) groups is 1. The Balaban J connectivity index is 2.00. The van der Waals surface area contributed by atoms with E-state index in [2.05, 4.69) is 5.48 Å². The third-order valence-corrected chi connectivity index (χ3v) is 2.83. The maximum Gasteiger partial charge on any atom is 0.191 e. The number of para-hydroxylation sites is 1. The Hall–Kier alpha value is -2.13. The zero-order valence-electron chi connectivity index (χ0n) is 9.09. The van der Waals surface area contributed by atoms with Gasteiger partial charge >= 0.3 is 0 Å². The molecule has 0 amide bonds. The number of carbonyl (C=O) groups excluding carboxylic acids is 1. The molecule has 1 heterocycles. The molecule has 0 bridgehead atoms. The van der Waals surface area contributed by atoms with Crippen LogP contribution in [0.1, 0.15) is 22.0 Å². The van der Waals surface area contributed by atoms with E-state index in [1.807, 2.05) is 42.5 Å². The lowest BCUT2D eigenvalue weighted by molar-refractivity contribution is 0.0742. The van der Waals surface area contributed by atoms with Gasteiger partial charge in [-0.05, 0) is 17.7 Å². The van der Waals surface area contributed by atoms with Crippen molar-refractivity contribution in [2.45, 2.75) is 6.04 Å². The second-order valence-corrected chi connectivity index (χ2v) is 3.92. The van der Waals surface area contributed by atoms with Gasteiger partial charge in [0.2, 0.25) is 0 Å². The predicted molar refractivity (Wildman–Crippen MR) is 63.7 cm³/mol. The molecule has 0 aromatic heterocycles. The first kappa shape index (κ1) is 10.1. The van der Waals surface area contributed by atoms with Crippen LogP contribution in [0.15, 0.2) is 54.6 Å². The summed E-state index contributed by atoms with van der Waals surface area (Å²) in [4.78, 5) is 17.7. The van der Waals surface area contributed by atoms with E-state index in [0.29, 0.717) is 11.3 Å². The fourth-order valence-electron chi connectivity index (χ4n) is 1.96. The Morgan fingerprint density at radius 2 is 1.65 bits per heavy atom. The molecule has 3 nitrogen and oxygen atoms in total. The molecule has 1 aliphatic rings. The van der Waals surface area contributed by atoms with E-state index in [1.165, 1.54) is 0 Å². The van der Waals surface area contributed by atoms with E-state index < -0.39 is 6.04 Å². The minimum absolute atomic E-state index is 0.0399. The number of ketones is 1. The van der Waals surface area contributed by atoms with Gasteiger partial charge in [-0.25, -0.2) is 0 Å². The highest BCUT2D eigenvalue weighted by molar-refractivity contribution is 6.03. The first-order valence-corrected chi connectivity index (χ1v) is 5.47. The Morgan fingerprint density at radius 3 is 2.47 bits per heavy atom. The van der Waals surface area contributed by atoms with Gasteiger partial charge in [-0.3, -0.25) is 4.79 Å². The molecule has 2 aromatic rings. The van der Waals surface area contributed by atoms with Crippen LogP contribution in [0.25, 0.3) is 0 Å². The molecule has 84 valence electrons. The monoisotopic (exact) mass is 225 g/mol. The summed E-state index contributed by atoms with van der Waals surface area (Å²) in [5.41, 5.74) is 4.33. The molecule has 17 heavy (non-hydrogen) atoms. The minimum atomic E-state index is -0.425. The Kier molecular flexibility index (Phi) is 2.38. The number of hydroxylamine groups is 1. The zero-order valence-corrected chi connectivity index (χ0v) is 9.09. The topological polar surface area (TPSA) is 38.3 Å². The number of benzene rings is 2. The van der Waals surface area contributed by atoms with Crippen molar-refractivity contribution in [3.8, 4) is 5.75 Å². The van der Waals surface area contributed by atoms with Crippen molar-refractivity contribution < 1.29 is 9.63 Å². The number of hydrogen-bond acceptors (Lipinski definition) is 3. The maximum absolute atomic E-state index is 12.3. The first-order chi connectivity index (χ1) is 8.36. The highest BCUT2D eigenvalue weighted by atomic mass is 16.6. The van der Waals surface area contributed by atoms with Crippen LogP contribution in [-0.2, 0) is 0 Å². The number of hydrogen-bond donors (Lipinski definition) is 1. The Labute approximate surface area is 99.0 Å². The Morgan fingerprint density at radius 1 is 0.941 bits per heavy atom. The van der Waals surface area contributed by atoms with Gasteiger partial charge in [-0.2, -0.15) is 0 Å². The third kappa shape index (κ3) is 1.70. The van der Waals surface area contributed by atoms with Gasteiger partial charge in [-0.1, -0.05) is 42.5 Å². The second kappa shape index (κ2) is 4.03. The normalized spacial score (nSPS) is 18.4. The summed E-state index contributed by atoms with van der Waals surface area (Å²) in [6, 6.07) is 16.4. The van der Waals surface area contributed by atoms with Crippen LogP contribution in [0.3, 0.4) is 0 Å². The SMILES string of the molecule is O=C1c2ccccc2ONC1c1ccccc1. The van der Waals surface area contributed by atoms with Crippen LogP contribution < -0.4 is 10.3 Å². The van der Waals surface area contributed by atoms with Crippen LogP contribution in [0.4, 0.5) is 0 Å². The summed E-state index contributed by atoms with van der Waals surface area (Å²) in [6.45, 7) is 0. The molecule has 1 unspecified atom stereocenters. The van der Waals surface area contributed by atoms with E-state index in [4.69, 9.17) is 4.84 Å². The minimum Gasteiger partial charge on any atom is -0.407 e. The molecule has 1 atom stereocenters. The van der Waals surface area contributed by atoms with Crippen molar-refractivity contribution >= 4 is 5.78 Å². The zero-order chi connectivity index (χ0) is 11.7. The van der Waals surface area contributed by atoms with E-state index in [0.717, 1.165) is 5.56 Å². The molecule has 0 saturated heterocycles. The second-order valence-electron chi connectivity index (χ2n) is 3.92. The van der Waals surface area contributed by atoms with Crippen LogP contribution >= 0.6 is 0 Å². The molecule has 0 saturated carbocycles. The van der Waals surface area contributed by atoms with Gasteiger partial charge in [0.1, 0.15) is 6.04 Å². The lowest BCUT2D eigenvalue weighted by Gasteiger charge is -2.24. The molecule has 0 fully saturated rings. The van der Waals surface area contributed by atoms with Crippen molar-refractivity contribution in [1.82, 2.24) is 5.48 Å². The van der Waals surface area contributed by atoms with E-state index >= 15 is 0 Å². The first-order valence-electron chi connectivity index (χ1n) is 5.47. The largest absolute Gasteiger partial charge is 0.407 e. The standard InChI is InChI=1S/C14H11NO2/c16-14-11-8-4-5-9-12(11)17-15-13(14)10-6-2-1-3-7-10/h1-9,13,15H. The van der Waals surface area contributed by atoms with Crippen molar-refractivity contribution in [3.05, 3.63) is 65.7 Å². The predicted octanol–water partition coefficient (Wildman–Crippen LogP) is 2.51. The van der Waals surface area contributed by atoms with Gasteiger partial charge in [-0.15, -0.1) is 5.48 Å². The van der Waals surface area contributed by atoms with Gasteiger partial charge in [0.25, 0.3) is 0 Å². The number of Topliss-reactive ketones (excluding diaryl/α,β-unsaturated/α-hetero) is 1. The molecule has 1 N–H and O–H groups in total. The van der Waals surface area contributed by atoms with E-state index in [1.54, 1.807) is 12.1 Å². The van der Waals surface area contributed by atoms with Gasteiger partial charge in [0.15, 0.2) is 11.5 Å². The molecule has 3 rings (SSSR count). The van der Waals surface area contributed by atoms with Crippen LogP contribution in [0.5, 0.6) is 5.75 Å². The Bertz CT molecular complexity index is 551. The molecule has 1 aliphatic heterocycles. The summed E-state index contributed by atoms with van der Waals surface area (Å²) >= 11 is 0. The lowest BCUT2D eigenvalue weighted by Crippen LogP contribution is -2.36. The molecule has 0 aliphatic carbocycles. The molecular weight excluding hydrogens is 214 g/mol. The van der Waals surface area contributed by atoms with Gasteiger partial charge in [0, 0.05) is 0 Å². The average molecular weight is 225 g/mol. The van der Waals surface area contributed by atoms with Crippen molar-refractivity contribution in [2.75, 3.05) is 0 Å². The summed E-state index contributed by atoms with van der Waals surface area (Å²) in [7, 11) is 0. The quantitative estimate of drug-likeness (QED) is 0.810. The molecular formula is C14H11NO2. The molecule has 3 heteroatoms. The average Bonchev–Trinajstić information content (AvgIpc) is 2.40. The molecule has 0 radical (unpaired) electrons. The molecule has 0 spiro atoms. The van der Waals surface area contributed by atoms with Crippen LogP contribution in [0.2, 0.25) is 0 Å². The van der Waals surface area contributed by atoms with E-state index in [9.17, 15) is 4.79 Å². The fourth-order valence-corrected chi connectivity index (χ4v) is 1.96. The summed E-state index contributed by atoms with van der Waals surface area (Å²) < 4.78 is 0. The van der Waals surface area contributed by atoms with E-state index in [-0.39, 0.29) is 5.78 Å². The smallest absolute Gasteiger partial charge is 0.191 e. The maximum atomic E-state index is 12.3. The fraction of sp³-hybridized carbons (Fsp3) is 0.0714. The van der Waals surface area contributed by atoms with Gasteiger partial charge < -0.3 is 4.84 Å². The van der Waals surface area contributed by atoms with Gasteiger partial charge in [0.05, 0.1) is 5.56 Å². The lowest BCUT2D eigenvalue weighted by atomic mass is 9.96. The summed E-state index contributed by atoms with van der Waals surface area (Å²) in [5, 5.41) is 0. The number of rotatable bonds is 1. The number of nitrogens with one attached hydrogen (secondary N) is 1. The van der Waals surface area contributed by atoms with Crippen LogP contribution in [0, 0.1) is 0 Å². The summed E-state index contributed by atoms with van der Waals surface area (Å²) in [5.74, 6) is 0.628. The van der Waals surface area contributed by atoms with Crippen molar-refractivity contribution in [1.29, 1.82) is 0 Å². The van der Waals surface area contributed by atoms with Crippen LogP contribution in [-0.4, -0.2) is 5.78 Å². The molecule has 2 aromatic carbocycles. The van der Waals surface area contributed by atoms with Crippen molar-refractivity contribution in [3.63, 3.8) is 0 Å². The highest BCUT2D eigenvalue weighted by Gasteiger charge is 2.29. The highest BCUT2D eigenvalue weighted by Crippen LogP contribution is 2.29. The summed E-state index contributed by atoms with van der Waals surface area (Å²) in [6.07, 6.45) is 0. The third-order valence-electron chi connectivity index (χ3n) is 2.83. The van der Waals surface area contributed by atoms with Crippen molar-refractivity contribution in [2.24, 2.45) is 0 Å². The number of fused-ring (bicyclic) bond motifs is 1.